The summed E-state index contributed by atoms with van der Waals surface area (Å²) < 4.78 is 1.96. The van der Waals surface area contributed by atoms with Crippen molar-refractivity contribution in [2.45, 2.75) is 26.8 Å². The summed E-state index contributed by atoms with van der Waals surface area (Å²) in [6.07, 6.45) is 0. The van der Waals surface area contributed by atoms with Crippen molar-refractivity contribution in [2.24, 2.45) is 9.98 Å². The van der Waals surface area contributed by atoms with E-state index in [1.54, 1.807) is 11.3 Å². The van der Waals surface area contributed by atoms with Crippen molar-refractivity contribution in [2.75, 3.05) is 28.2 Å². The van der Waals surface area contributed by atoms with Gasteiger partial charge in [-0.15, -0.1) is 11.3 Å². The van der Waals surface area contributed by atoms with E-state index in [1.807, 2.05) is 28.9 Å². The Balaban J connectivity index is 1.40. The molecule has 2 aliphatic rings. The van der Waals surface area contributed by atoms with Crippen LogP contribution in [0.1, 0.15) is 36.0 Å². The van der Waals surface area contributed by atoms with Gasteiger partial charge < -0.3 is 15.1 Å². The van der Waals surface area contributed by atoms with E-state index in [0.29, 0.717) is 5.84 Å². The van der Waals surface area contributed by atoms with Crippen LogP contribution >= 0.6 is 11.3 Å². The van der Waals surface area contributed by atoms with Gasteiger partial charge in [-0.2, -0.15) is 5.10 Å². The summed E-state index contributed by atoms with van der Waals surface area (Å²) in [6, 6.07) is 31.3. The highest BCUT2D eigenvalue weighted by Gasteiger charge is 2.41. The summed E-state index contributed by atoms with van der Waals surface area (Å²) in [6.45, 7) is 8.39. The van der Waals surface area contributed by atoms with Crippen LogP contribution in [0.15, 0.2) is 106 Å². The second-order valence-corrected chi connectivity index (χ2v) is 11.1. The molecule has 3 aromatic carbocycles. The van der Waals surface area contributed by atoms with Gasteiger partial charge in [0.15, 0.2) is 17.5 Å². The number of aliphatic imine (C=N–C) groups is 2. The van der Waals surface area contributed by atoms with Gasteiger partial charge in [0.25, 0.3) is 0 Å². The van der Waals surface area contributed by atoms with E-state index in [4.69, 9.17) is 15.1 Å². The van der Waals surface area contributed by atoms with Crippen LogP contribution in [-0.4, -0.2) is 34.5 Å². The first-order valence-corrected chi connectivity index (χ1v) is 14.9. The molecule has 2 aromatic heterocycles. The molecule has 0 bridgehead atoms. The average Bonchev–Trinajstić information content (AvgIpc) is 3.67. The van der Waals surface area contributed by atoms with Crippen molar-refractivity contribution in [3.05, 3.63) is 113 Å². The Bertz CT molecular complexity index is 1750. The number of anilines is 3. The normalized spacial score (nSPS) is 15.4. The zero-order chi connectivity index (χ0) is 27.9. The number of nitrogens with one attached hydrogen (secondary N) is 1. The molecule has 0 fully saturated rings. The SMILES string of the molecule is CCN(CC)c1ccc(NC2=Nc3ccccc3N3C2=Nc2c(c(C)nn2-c2ccccc2)[C@H]3c2cccs2)cc1. The zero-order valence-corrected chi connectivity index (χ0v) is 24.1. The minimum absolute atomic E-state index is 0.0894. The third kappa shape index (κ3) is 4.31. The van der Waals surface area contributed by atoms with Crippen molar-refractivity contribution in [1.29, 1.82) is 0 Å². The Labute approximate surface area is 244 Å². The van der Waals surface area contributed by atoms with Crippen LogP contribution in [0.2, 0.25) is 0 Å². The molecule has 2 aliphatic heterocycles. The quantitative estimate of drug-likeness (QED) is 0.231. The molecule has 0 radical (unpaired) electrons. The maximum atomic E-state index is 5.32. The molecular formula is C33H31N7S. The number of nitrogens with zero attached hydrogens (tertiary/aromatic N) is 6. The van der Waals surface area contributed by atoms with E-state index >= 15 is 0 Å². The predicted molar refractivity (Wildman–Crippen MR) is 171 cm³/mol. The van der Waals surface area contributed by atoms with Gasteiger partial charge in [-0.05, 0) is 80.7 Å². The van der Waals surface area contributed by atoms with Crippen LogP contribution in [0.5, 0.6) is 0 Å². The van der Waals surface area contributed by atoms with Crippen LogP contribution in [-0.2, 0) is 0 Å². The second kappa shape index (κ2) is 10.4. The molecule has 0 unspecified atom stereocenters. The number of thiophene rings is 1. The van der Waals surface area contributed by atoms with E-state index in [-0.39, 0.29) is 6.04 Å². The van der Waals surface area contributed by atoms with Crippen molar-refractivity contribution in [1.82, 2.24) is 9.78 Å². The summed E-state index contributed by atoms with van der Waals surface area (Å²) in [5, 5.41) is 10.8. The van der Waals surface area contributed by atoms with Gasteiger partial charge in [-0.3, -0.25) is 0 Å². The van der Waals surface area contributed by atoms with Gasteiger partial charge >= 0.3 is 0 Å². The lowest BCUT2D eigenvalue weighted by molar-refractivity contribution is 0.830. The molecular weight excluding hydrogens is 526 g/mol. The minimum atomic E-state index is -0.0894. The Morgan fingerprint density at radius 2 is 1.61 bits per heavy atom. The monoisotopic (exact) mass is 557 g/mol. The van der Waals surface area contributed by atoms with Crippen LogP contribution < -0.4 is 15.1 Å². The third-order valence-electron chi connectivity index (χ3n) is 7.71. The number of aromatic nitrogens is 2. The van der Waals surface area contributed by atoms with E-state index in [0.717, 1.165) is 58.7 Å². The van der Waals surface area contributed by atoms with E-state index in [9.17, 15) is 0 Å². The van der Waals surface area contributed by atoms with Gasteiger partial charge in [0.1, 0.15) is 6.04 Å². The van der Waals surface area contributed by atoms with Crippen LogP contribution in [0.4, 0.5) is 28.6 Å². The smallest absolute Gasteiger partial charge is 0.179 e. The fraction of sp³-hybridized carbons (Fsp3) is 0.182. The zero-order valence-electron chi connectivity index (χ0n) is 23.3. The van der Waals surface area contributed by atoms with Gasteiger partial charge in [0.2, 0.25) is 0 Å². The van der Waals surface area contributed by atoms with Gasteiger partial charge in [0, 0.05) is 34.9 Å². The predicted octanol–water partition coefficient (Wildman–Crippen LogP) is 7.88. The van der Waals surface area contributed by atoms with Crippen LogP contribution in [0.25, 0.3) is 5.69 Å². The van der Waals surface area contributed by atoms with E-state index < -0.39 is 0 Å². The third-order valence-corrected chi connectivity index (χ3v) is 8.64. The maximum absolute atomic E-state index is 5.32. The summed E-state index contributed by atoms with van der Waals surface area (Å²) >= 11 is 1.75. The molecule has 1 N–H and O–H groups in total. The van der Waals surface area contributed by atoms with Crippen molar-refractivity contribution >= 4 is 51.6 Å². The maximum Gasteiger partial charge on any atom is 0.179 e. The molecule has 0 aliphatic carbocycles. The topological polar surface area (TPSA) is 61.0 Å². The second-order valence-electron chi connectivity index (χ2n) is 10.1. The van der Waals surface area contributed by atoms with E-state index in [1.165, 1.54) is 10.6 Å². The lowest BCUT2D eigenvalue weighted by Gasteiger charge is -2.40. The molecule has 7 rings (SSSR count). The minimum Gasteiger partial charge on any atom is -0.372 e. The molecule has 4 heterocycles. The number of hydrogen-bond donors (Lipinski definition) is 1. The van der Waals surface area contributed by atoms with Crippen molar-refractivity contribution in [3.8, 4) is 5.69 Å². The number of rotatable bonds is 6. The summed E-state index contributed by atoms with van der Waals surface area (Å²) in [5.74, 6) is 2.33. The van der Waals surface area contributed by atoms with Crippen molar-refractivity contribution in [3.63, 3.8) is 0 Å². The number of benzene rings is 3. The van der Waals surface area contributed by atoms with E-state index in [2.05, 4.69) is 108 Å². The lowest BCUT2D eigenvalue weighted by atomic mass is 9.98. The summed E-state index contributed by atoms with van der Waals surface area (Å²) in [7, 11) is 0. The first-order chi connectivity index (χ1) is 20.2. The standard InChI is InChI=1S/C33H31N7S/c1-4-38(5-2)24-19-17-23(18-20-24)34-31-33-36-32-29(22(3)37-40(32)25-12-7-6-8-13-25)30(28-16-11-21-41-28)39(33)27-15-10-9-14-26(27)35-31/h6-21,30H,4-5H2,1-3H3,(H,34,35)/t30-/m1/s1. The number of fused-ring (bicyclic) bond motifs is 4. The molecule has 0 saturated heterocycles. The largest absolute Gasteiger partial charge is 0.372 e. The number of aryl methyl sites for hydroxylation is 1. The van der Waals surface area contributed by atoms with Crippen LogP contribution in [0, 0.1) is 6.92 Å². The van der Waals surface area contributed by atoms with Crippen molar-refractivity contribution < 1.29 is 0 Å². The molecule has 1 atom stereocenters. The van der Waals surface area contributed by atoms with Crippen LogP contribution in [0.3, 0.4) is 0 Å². The number of para-hydroxylation sites is 3. The van der Waals surface area contributed by atoms with Gasteiger partial charge in [-0.25, -0.2) is 14.7 Å². The molecule has 7 nitrogen and oxygen atoms in total. The first kappa shape index (κ1) is 25.3. The molecule has 0 spiro atoms. The van der Waals surface area contributed by atoms with Gasteiger partial charge in [-0.1, -0.05) is 36.4 Å². The highest BCUT2D eigenvalue weighted by molar-refractivity contribution is 7.10. The molecule has 41 heavy (non-hydrogen) atoms. The highest BCUT2D eigenvalue weighted by Crippen LogP contribution is 2.49. The number of amidine groups is 2. The fourth-order valence-corrected chi connectivity index (χ4v) is 6.57. The average molecular weight is 558 g/mol. The summed E-state index contributed by atoms with van der Waals surface area (Å²) in [4.78, 5) is 16.3. The molecule has 8 heteroatoms. The first-order valence-electron chi connectivity index (χ1n) is 14.0. The Hall–Kier alpha value is -4.69. The highest BCUT2D eigenvalue weighted by atomic mass is 32.1. The fourth-order valence-electron chi connectivity index (χ4n) is 5.74. The molecule has 204 valence electrons. The number of hydrogen-bond acceptors (Lipinski definition) is 7. The Morgan fingerprint density at radius 1 is 0.854 bits per heavy atom. The summed E-state index contributed by atoms with van der Waals surface area (Å²) in [5.41, 5.74) is 7.17. The lowest BCUT2D eigenvalue weighted by Crippen LogP contribution is -2.46. The Kier molecular flexibility index (Phi) is 6.40. The molecule has 5 aromatic rings. The Morgan fingerprint density at radius 3 is 2.34 bits per heavy atom. The molecule has 0 saturated carbocycles. The molecule has 0 amide bonds. The van der Waals surface area contributed by atoms with Gasteiger partial charge in [0.05, 0.1) is 22.8 Å².